The molecule has 0 radical (unpaired) electrons. The maximum atomic E-state index is 12.9. The Morgan fingerprint density at radius 3 is 2.70 bits per heavy atom. The van der Waals surface area contributed by atoms with Gasteiger partial charge in [-0.25, -0.2) is 0 Å². The minimum Gasteiger partial charge on any atom is -0.387 e. The van der Waals surface area contributed by atoms with Gasteiger partial charge in [0.2, 0.25) is 0 Å². The Morgan fingerprint density at radius 2 is 2.15 bits per heavy atom. The molecule has 1 aromatic carbocycles. The second-order valence-corrected chi connectivity index (χ2v) is 4.51. The Kier molecular flexibility index (Phi) is 4.17. The fourth-order valence-electron chi connectivity index (χ4n) is 2.16. The third-order valence-corrected chi connectivity index (χ3v) is 3.13. The van der Waals surface area contributed by atoms with E-state index in [1.165, 1.54) is 19.2 Å². The SMILES string of the molecule is CNc1c(C(=O)NC2CCOC2)cccc1C(F)(F)F. The van der Waals surface area contributed by atoms with Crippen LogP contribution in [0.15, 0.2) is 18.2 Å². The largest absolute Gasteiger partial charge is 0.418 e. The molecule has 1 fully saturated rings. The number of benzene rings is 1. The van der Waals surface area contributed by atoms with Crippen LogP contribution in [-0.2, 0) is 10.9 Å². The van der Waals surface area contributed by atoms with Crippen molar-refractivity contribution in [3.63, 3.8) is 0 Å². The second-order valence-electron chi connectivity index (χ2n) is 4.51. The molecular formula is C13H15F3N2O2. The Labute approximate surface area is 114 Å². The lowest BCUT2D eigenvalue weighted by molar-refractivity contribution is -0.136. The number of rotatable bonds is 3. The van der Waals surface area contributed by atoms with Gasteiger partial charge in [0, 0.05) is 13.7 Å². The van der Waals surface area contributed by atoms with Crippen molar-refractivity contribution in [2.45, 2.75) is 18.6 Å². The number of anilines is 1. The van der Waals surface area contributed by atoms with Crippen molar-refractivity contribution in [2.75, 3.05) is 25.6 Å². The fourth-order valence-corrected chi connectivity index (χ4v) is 2.16. The zero-order valence-electron chi connectivity index (χ0n) is 10.9. The molecule has 1 aliphatic heterocycles. The molecule has 0 spiro atoms. The van der Waals surface area contributed by atoms with Gasteiger partial charge in [0.05, 0.1) is 29.5 Å². The number of carbonyl (C=O) groups excluding carboxylic acids is 1. The number of nitrogens with one attached hydrogen (secondary N) is 2. The van der Waals surface area contributed by atoms with Crippen molar-refractivity contribution in [1.29, 1.82) is 0 Å². The first-order valence-corrected chi connectivity index (χ1v) is 6.20. The second kappa shape index (κ2) is 5.70. The van der Waals surface area contributed by atoms with Crippen LogP contribution >= 0.6 is 0 Å². The minimum atomic E-state index is -4.51. The molecule has 0 saturated carbocycles. The molecular weight excluding hydrogens is 273 g/mol. The number of para-hydroxylation sites is 1. The zero-order chi connectivity index (χ0) is 14.8. The van der Waals surface area contributed by atoms with Crippen molar-refractivity contribution in [2.24, 2.45) is 0 Å². The summed E-state index contributed by atoms with van der Waals surface area (Å²) in [5.41, 5.74) is -1.08. The van der Waals surface area contributed by atoms with E-state index in [1.54, 1.807) is 0 Å². The predicted octanol–water partition coefficient (Wildman–Crippen LogP) is 2.27. The number of carbonyl (C=O) groups is 1. The van der Waals surface area contributed by atoms with Gasteiger partial charge in [0.15, 0.2) is 0 Å². The third-order valence-electron chi connectivity index (χ3n) is 3.13. The minimum absolute atomic E-state index is 0.0192. The van der Waals surface area contributed by atoms with E-state index in [0.717, 1.165) is 6.07 Å². The summed E-state index contributed by atoms with van der Waals surface area (Å²) in [6.07, 6.45) is -3.84. The number of ether oxygens (including phenoxy) is 1. The van der Waals surface area contributed by atoms with Gasteiger partial charge in [-0.3, -0.25) is 4.79 Å². The number of hydrogen-bond acceptors (Lipinski definition) is 3. The summed E-state index contributed by atoms with van der Waals surface area (Å²) >= 11 is 0. The summed E-state index contributed by atoms with van der Waals surface area (Å²) in [5, 5.41) is 5.14. The normalized spacial score (nSPS) is 18.9. The van der Waals surface area contributed by atoms with Gasteiger partial charge >= 0.3 is 6.18 Å². The molecule has 1 amide bonds. The van der Waals surface area contributed by atoms with E-state index in [9.17, 15) is 18.0 Å². The molecule has 2 rings (SSSR count). The number of halogens is 3. The van der Waals surface area contributed by atoms with Crippen molar-refractivity contribution in [3.05, 3.63) is 29.3 Å². The maximum absolute atomic E-state index is 12.9. The zero-order valence-corrected chi connectivity index (χ0v) is 10.9. The smallest absolute Gasteiger partial charge is 0.387 e. The Hall–Kier alpha value is -1.76. The molecule has 4 nitrogen and oxygen atoms in total. The molecule has 0 aliphatic carbocycles. The van der Waals surface area contributed by atoms with Crippen LogP contribution in [0, 0.1) is 0 Å². The van der Waals surface area contributed by atoms with E-state index in [-0.39, 0.29) is 17.3 Å². The van der Waals surface area contributed by atoms with Crippen LogP contribution in [-0.4, -0.2) is 32.2 Å². The Balaban J connectivity index is 2.28. The number of alkyl halides is 3. The van der Waals surface area contributed by atoms with Gasteiger partial charge in [-0.05, 0) is 18.6 Å². The summed E-state index contributed by atoms with van der Waals surface area (Å²) in [7, 11) is 1.36. The van der Waals surface area contributed by atoms with Gasteiger partial charge in [-0.1, -0.05) is 6.07 Å². The van der Waals surface area contributed by atoms with Crippen molar-refractivity contribution in [1.82, 2.24) is 5.32 Å². The highest BCUT2D eigenvalue weighted by Gasteiger charge is 2.35. The summed E-state index contributed by atoms with van der Waals surface area (Å²) < 4.78 is 43.8. The third kappa shape index (κ3) is 3.04. The first kappa shape index (κ1) is 14.6. The topological polar surface area (TPSA) is 50.4 Å². The average molecular weight is 288 g/mol. The molecule has 1 unspecified atom stereocenters. The lowest BCUT2D eigenvalue weighted by Crippen LogP contribution is -2.35. The molecule has 110 valence electrons. The van der Waals surface area contributed by atoms with E-state index in [1.807, 2.05) is 0 Å². The molecule has 20 heavy (non-hydrogen) atoms. The molecule has 0 aromatic heterocycles. The van der Waals surface area contributed by atoms with E-state index in [2.05, 4.69) is 10.6 Å². The highest BCUT2D eigenvalue weighted by atomic mass is 19.4. The summed E-state index contributed by atoms with van der Waals surface area (Å²) in [6.45, 7) is 0.937. The first-order chi connectivity index (χ1) is 9.43. The monoisotopic (exact) mass is 288 g/mol. The van der Waals surface area contributed by atoms with E-state index in [4.69, 9.17) is 4.74 Å². The molecule has 7 heteroatoms. The van der Waals surface area contributed by atoms with Crippen LogP contribution in [0.4, 0.5) is 18.9 Å². The first-order valence-electron chi connectivity index (χ1n) is 6.20. The van der Waals surface area contributed by atoms with Gasteiger partial charge < -0.3 is 15.4 Å². The fraction of sp³-hybridized carbons (Fsp3) is 0.462. The van der Waals surface area contributed by atoms with Crippen LogP contribution in [0.3, 0.4) is 0 Å². The highest BCUT2D eigenvalue weighted by Crippen LogP contribution is 2.36. The van der Waals surface area contributed by atoms with E-state index >= 15 is 0 Å². The molecule has 1 saturated heterocycles. The lowest BCUT2D eigenvalue weighted by atomic mass is 10.1. The van der Waals surface area contributed by atoms with Gasteiger partial charge in [-0.2, -0.15) is 13.2 Å². The lowest BCUT2D eigenvalue weighted by Gasteiger charge is -2.17. The highest BCUT2D eigenvalue weighted by molar-refractivity contribution is 6.00. The van der Waals surface area contributed by atoms with Crippen LogP contribution in [0.25, 0.3) is 0 Å². The summed E-state index contributed by atoms with van der Waals surface area (Å²) in [6, 6.07) is 3.39. The maximum Gasteiger partial charge on any atom is 0.418 e. The van der Waals surface area contributed by atoms with Gasteiger partial charge in [-0.15, -0.1) is 0 Å². The van der Waals surface area contributed by atoms with E-state index in [0.29, 0.717) is 19.6 Å². The van der Waals surface area contributed by atoms with Crippen LogP contribution in [0.5, 0.6) is 0 Å². The Morgan fingerprint density at radius 1 is 1.40 bits per heavy atom. The quantitative estimate of drug-likeness (QED) is 0.897. The van der Waals surface area contributed by atoms with Crippen molar-refractivity contribution in [3.8, 4) is 0 Å². The van der Waals surface area contributed by atoms with Gasteiger partial charge in [0.1, 0.15) is 0 Å². The summed E-state index contributed by atoms with van der Waals surface area (Å²) in [4.78, 5) is 12.1. The van der Waals surface area contributed by atoms with Crippen LogP contribution in [0.2, 0.25) is 0 Å². The van der Waals surface area contributed by atoms with Gasteiger partial charge in [0.25, 0.3) is 5.91 Å². The summed E-state index contributed by atoms with van der Waals surface area (Å²) in [5.74, 6) is -0.532. The Bertz CT molecular complexity index is 497. The molecule has 2 N–H and O–H groups in total. The molecule has 1 aromatic rings. The molecule has 0 bridgehead atoms. The van der Waals surface area contributed by atoms with Crippen molar-refractivity contribution >= 4 is 11.6 Å². The number of amides is 1. The molecule has 1 aliphatic rings. The van der Waals surface area contributed by atoms with Crippen LogP contribution < -0.4 is 10.6 Å². The van der Waals surface area contributed by atoms with E-state index < -0.39 is 17.6 Å². The number of hydrogen-bond donors (Lipinski definition) is 2. The average Bonchev–Trinajstić information content (AvgIpc) is 2.89. The predicted molar refractivity (Wildman–Crippen MR) is 67.7 cm³/mol. The molecule has 1 atom stereocenters. The standard InChI is InChI=1S/C13H15F3N2O2/c1-17-11-9(3-2-4-10(11)13(14,15)16)12(19)18-8-5-6-20-7-8/h2-4,8,17H,5-7H2,1H3,(H,18,19). The van der Waals surface area contributed by atoms with Crippen LogP contribution in [0.1, 0.15) is 22.3 Å². The molecule has 1 heterocycles. The van der Waals surface area contributed by atoms with Crippen molar-refractivity contribution < 1.29 is 22.7 Å².